The SMILES string of the molecule is CCCCCCCCCC(=O)OC[C@H](COP(=O)(O)OC[C@@H](O)COP(=O)(O)OC[C@@H](COC(=O)CCCCCCC)OC(=O)CCCCCCCCC)OC(=O)CCCCCCCCCCCCCCC(C)C. The van der Waals surface area contributed by atoms with Crippen molar-refractivity contribution in [2.75, 3.05) is 39.6 Å². The van der Waals surface area contributed by atoms with Gasteiger partial charge in [-0.2, -0.15) is 0 Å². The maximum atomic E-state index is 12.9. The number of hydrogen-bond donors (Lipinski definition) is 3. The summed E-state index contributed by atoms with van der Waals surface area (Å²) in [5.41, 5.74) is 0. The lowest BCUT2D eigenvalue weighted by Gasteiger charge is -2.21. The van der Waals surface area contributed by atoms with Crippen LogP contribution in [0, 0.1) is 5.92 Å². The zero-order valence-electron chi connectivity index (χ0n) is 47.0. The number of aliphatic hydroxyl groups is 1. The topological polar surface area (TPSA) is 237 Å². The predicted octanol–water partition coefficient (Wildman–Crippen LogP) is 14.3. The van der Waals surface area contributed by atoms with E-state index in [9.17, 15) is 43.2 Å². The van der Waals surface area contributed by atoms with Gasteiger partial charge in [0.15, 0.2) is 12.2 Å². The monoisotopic (exact) mass is 1100 g/mol. The molecule has 0 aromatic heterocycles. The zero-order chi connectivity index (χ0) is 55.0. The highest BCUT2D eigenvalue weighted by Gasteiger charge is 2.30. The summed E-state index contributed by atoms with van der Waals surface area (Å²) in [6.45, 7) is 6.96. The van der Waals surface area contributed by atoms with Gasteiger partial charge in [0.2, 0.25) is 0 Å². The highest BCUT2D eigenvalue weighted by Crippen LogP contribution is 2.45. The lowest BCUT2D eigenvalue weighted by Crippen LogP contribution is -2.30. The number of phosphoric acid groups is 2. The lowest BCUT2D eigenvalue weighted by molar-refractivity contribution is -0.161. The molecule has 0 spiro atoms. The van der Waals surface area contributed by atoms with Crippen LogP contribution in [0.5, 0.6) is 0 Å². The fraction of sp³-hybridized carbons (Fsp3) is 0.927. The standard InChI is InChI=1S/C55H106O17P2/c1-6-9-12-15-23-29-34-39-53(58)66-45-51(72-55(60)41-36-31-26-22-20-18-17-19-21-25-28-32-37-48(4)5)47-70-74(63,64)68-43-49(56)42-67-73(61,62)69-46-50(44-65-52(57)38-33-27-14-11-8-3)71-54(59)40-35-30-24-16-13-10-7-2/h48-51,56H,6-47H2,1-5H3,(H,61,62)(H,63,64)/t49-,50+,51+/m0/s1. The van der Waals surface area contributed by atoms with Crippen molar-refractivity contribution in [1.82, 2.24) is 0 Å². The first kappa shape index (κ1) is 72.1. The average molecular weight is 1100 g/mol. The molecule has 0 saturated heterocycles. The second-order valence-electron chi connectivity index (χ2n) is 20.4. The van der Waals surface area contributed by atoms with Gasteiger partial charge in [-0.1, -0.05) is 214 Å². The van der Waals surface area contributed by atoms with E-state index in [1.165, 1.54) is 57.8 Å². The van der Waals surface area contributed by atoms with E-state index < -0.39 is 97.5 Å². The molecule has 0 rings (SSSR count). The Morgan fingerprint density at radius 2 is 0.622 bits per heavy atom. The van der Waals surface area contributed by atoms with E-state index in [1.54, 1.807) is 0 Å². The van der Waals surface area contributed by atoms with Crippen LogP contribution in [0.2, 0.25) is 0 Å². The number of ether oxygens (including phenoxy) is 4. The van der Waals surface area contributed by atoms with Gasteiger partial charge in [-0.15, -0.1) is 0 Å². The first-order valence-electron chi connectivity index (χ1n) is 29.1. The molecule has 2 unspecified atom stereocenters. The van der Waals surface area contributed by atoms with Crippen molar-refractivity contribution < 1.29 is 80.2 Å². The van der Waals surface area contributed by atoms with Crippen molar-refractivity contribution in [2.45, 2.75) is 284 Å². The van der Waals surface area contributed by atoms with Crippen LogP contribution in [0.1, 0.15) is 266 Å². The normalized spacial score (nSPS) is 14.5. The second-order valence-corrected chi connectivity index (χ2v) is 23.4. The first-order valence-corrected chi connectivity index (χ1v) is 32.1. The van der Waals surface area contributed by atoms with Crippen LogP contribution in [0.3, 0.4) is 0 Å². The number of carbonyl (C=O) groups excluding carboxylic acids is 4. The number of unbranched alkanes of at least 4 members (excludes halogenated alkanes) is 27. The van der Waals surface area contributed by atoms with Crippen molar-refractivity contribution in [1.29, 1.82) is 0 Å². The van der Waals surface area contributed by atoms with Crippen LogP contribution >= 0.6 is 15.6 Å². The average Bonchev–Trinajstić information content (AvgIpc) is 3.36. The Balaban J connectivity index is 5.11. The van der Waals surface area contributed by atoms with E-state index in [2.05, 4.69) is 34.6 Å². The molecule has 0 aliphatic heterocycles. The third-order valence-corrected chi connectivity index (χ3v) is 14.4. The fourth-order valence-corrected chi connectivity index (χ4v) is 9.57. The summed E-state index contributed by atoms with van der Waals surface area (Å²) >= 11 is 0. The van der Waals surface area contributed by atoms with Gasteiger partial charge in [0.25, 0.3) is 0 Å². The van der Waals surface area contributed by atoms with Crippen LogP contribution < -0.4 is 0 Å². The first-order chi connectivity index (χ1) is 35.5. The van der Waals surface area contributed by atoms with E-state index in [-0.39, 0.29) is 25.7 Å². The molecule has 3 N–H and O–H groups in total. The van der Waals surface area contributed by atoms with Crippen molar-refractivity contribution in [3.05, 3.63) is 0 Å². The summed E-state index contributed by atoms with van der Waals surface area (Å²) in [6, 6.07) is 0. The largest absolute Gasteiger partial charge is 0.472 e. The smallest absolute Gasteiger partial charge is 0.462 e. The molecule has 0 saturated carbocycles. The maximum Gasteiger partial charge on any atom is 0.472 e. The second kappa shape index (κ2) is 49.4. The summed E-state index contributed by atoms with van der Waals surface area (Å²) in [7, 11) is -9.85. The summed E-state index contributed by atoms with van der Waals surface area (Å²) in [5, 5.41) is 10.4. The molecule has 74 heavy (non-hydrogen) atoms. The number of carbonyl (C=O) groups is 4. The lowest BCUT2D eigenvalue weighted by atomic mass is 10.0. The highest BCUT2D eigenvalue weighted by atomic mass is 31.2. The third-order valence-electron chi connectivity index (χ3n) is 12.5. The Morgan fingerprint density at radius 3 is 0.919 bits per heavy atom. The molecule has 19 heteroatoms. The molecule has 5 atom stereocenters. The van der Waals surface area contributed by atoms with Crippen LogP contribution in [-0.2, 0) is 65.4 Å². The molecule has 438 valence electrons. The van der Waals surface area contributed by atoms with Crippen LogP contribution in [0.25, 0.3) is 0 Å². The van der Waals surface area contributed by atoms with Gasteiger partial charge in [0, 0.05) is 25.7 Å². The number of esters is 4. The molecular weight excluding hydrogens is 995 g/mol. The summed E-state index contributed by atoms with van der Waals surface area (Å²) in [4.78, 5) is 71.3. The number of aliphatic hydroxyl groups excluding tert-OH is 1. The van der Waals surface area contributed by atoms with E-state index in [0.29, 0.717) is 25.7 Å². The van der Waals surface area contributed by atoms with Crippen LogP contribution in [0.4, 0.5) is 0 Å². The molecule has 0 radical (unpaired) electrons. The molecule has 17 nitrogen and oxygen atoms in total. The molecule has 0 bridgehead atoms. The molecule has 0 fully saturated rings. The van der Waals surface area contributed by atoms with Gasteiger partial charge in [-0.3, -0.25) is 37.3 Å². The summed E-state index contributed by atoms with van der Waals surface area (Å²) in [5.74, 6) is -1.39. The van der Waals surface area contributed by atoms with Gasteiger partial charge >= 0.3 is 39.5 Å². The Hall–Kier alpha value is -1.94. The summed E-state index contributed by atoms with van der Waals surface area (Å²) in [6.07, 6.45) is 30.0. The Kier molecular flexibility index (Phi) is 48.1. The van der Waals surface area contributed by atoms with Gasteiger partial charge in [0.1, 0.15) is 19.3 Å². The Labute approximate surface area is 447 Å². The molecule has 0 heterocycles. The molecular formula is C55H106O17P2. The van der Waals surface area contributed by atoms with E-state index in [0.717, 1.165) is 128 Å². The van der Waals surface area contributed by atoms with Crippen molar-refractivity contribution in [2.24, 2.45) is 5.92 Å². The quantitative estimate of drug-likeness (QED) is 0.0222. The van der Waals surface area contributed by atoms with Crippen LogP contribution in [-0.4, -0.2) is 96.7 Å². The minimum atomic E-state index is -4.93. The zero-order valence-corrected chi connectivity index (χ0v) is 48.7. The van der Waals surface area contributed by atoms with E-state index in [4.69, 9.17) is 37.0 Å². The molecule has 0 aliphatic rings. The molecule has 0 aliphatic carbocycles. The minimum Gasteiger partial charge on any atom is -0.462 e. The summed E-state index contributed by atoms with van der Waals surface area (Å²) < 4.78 is 67.2. The minimum absolute atomic E-state index is 0.103. The predicted molar refractivity (Wildman–Crippen MR) is 289 cm³/mol. The van der Waals surface area contributed by atoms with Gasteiger partial charge < -0.3 is 33.8 Å². The van der Waals surface area contributed by atoms with Gasteiger partial charge in [-0.25, -0.2) is 9.13 Å². The van der Waals surface area contributed by atoms with E-state index >= 15 is 0 Å². The number of rotatable bonds is 55. The van der Waals surface area contributed by atoms with Crippen molar-refractivity contribution in [3.8, 4) is 0 Å². The molecule has 0 aromatic carbocycles. The Bertz CT molecular complexity index is 1470. The van der Waals surface area contributed by atoms with E-state index in [1.807, 2.05) is 0 Å². The Morgan fingerprint density at radius 1 is 0.365 bits per heavy atom. The highest BCUT2D eigenvalue weighted by molar-refractivity contribution is 7.47. The number of phosphoric ester groups is 2. The third kappa shape index (κ3) is 49.6. The van der Waals surface area contributed by atoms with Crippen molar-refractivity contribution >= 4 is 39.5 Å². The molecule has 0 aromatic rings. The maximum absolute atomic E-state index is 12.9. The molecule has 0 amide bonds. The fourth-order valence-electron chi connectivity index (χ4n) is 7.99. The van der Waals surface area contributed by atoms with Crippen molar-refractivity contribution in [3.63, 3.8) is 0 Å². The number of hydrogen-bond acceptors (Lipinski definition) is 15. The van der Waals surface area contributed by atoms with Crippen LogP contribution in [0.15, 0.2) is 0 Å². The van der Waals surface area contributed by atoms with Gasteiger partial charge in [0.05, 0.1) is 26.4 Å². The van der Waals surface area contributed by atoms with Gasteiger partial charge in [-0.05, 0) is 31.6 Å².